The van der Waals surface area contributed by atoms with Crippen LogP contribution in [-0.2, 0) is 9.53 Å². The van der Waals surface area contributed by atoms with Crippen LogP contribution in [0.4, 0.5) is 4.79 Å². The van der Waals surface area contributed by atoms with Gasteiger partial charge in [0.2, 0.25) is 0 Å². The lowest BCUT2D eigenvalue weighted by Gasteiger charge is -2.11. The molecule has 15 heavy (non-hydrogen) atoms. The van der Waals surface area contributed by atoms with Crippen molar-refractivity contribution >= 4 is 12.1 Å². The summed E-state index contributed by atoms with van der Waals surface area (Å²) in [6.07, 6.45) is 4.51. The van der Waals surface area contributed by atoms with Crippen LogP contribution in [0.25, 0.3) is 0 Å². The lowest BCUT2D eigenvalue weighted by Crippen LogP contribution is -2.33. The summed E-state index contributed by atoms with van der Waals surface area (Å²) in [5.41, 5.74) is 0. The maximum atomic E-state index is 11.1. The highest BCUT2D eigenvalue weighted by molar-refractivity contribution is 5.74. The molecular weight excluding hydrogens is 198 g/mol. The molecule has 0 spiro atoms. The van der Waals surface area contributed by atoms with Gasteiger partial charge in [0.1, 0.15) is 6.61 Å². The number of carboxylic acids is 1. The molecule has 82 valence electrons. The first-order valence-electron chi connectivity index (χ1n) is 4.58. The number of aliphatic carboxylic acids is 1. The Bertz CT molecular complexity index is 298. The van der Waals surface area contributed by atoms with Gasteiger partial charge in [-0.1, -0.05) is 24.8 Å². The fraction of sp³-hybridized carbons (Fsp3) is 0.400. The van der Waals surface area contributed by atoms with Gasteiger partial charge in [-0.25, -0.2) is 4.79 Å². The summed E-state index contributed by atoms with van der Waals surface area (Å²) in [7, 11) is 0. The molecule has 5 nitrogen and oxygen atoms in total. The molecule has 0 saturated carbocycles. The highest BCUT2D eigenvalue weighted by Gasteiger charge is 2.25. The molecule has 0 heterocycles. The lowest BCUT2D eigenvalue weighted by atomic mass is 10.1. The molecular formula is C10H13NO4. The van der Waals surface area contributed by atoms with Crippen LogP contribution in [0, 0.1) is 5.92 Å². The minimum absolute atomic E-state index is 0.143. The van der Waals surface area contributed by atoms with Crippen LogP contribution in [-0.4, -0.2) is 29.8 Å². The number of carbonyl (C=O) groups is 2. The first kappa shape index (κ1) is 11.3. The fourth-order valence-corrected chi connectivity index (χ4v) is 1.32. The third-order valence-electron chi connectivity index (χ3n) is 2.04. The molecule has 5 heteroatoms. The molecule has 0 radical (unpaired) electrons. The van der Waals surface area contributed by atoms with E-state index in [0.29, 0.717) is 6.42 Å². The zero-order chi connectivity index (χ0) is 11.3. The molecule has 1 aliphatic carbocycles. The molecule has 0 aromatic rings. The Labute approximate surface area is 87.4 Å². The van der Waals surface area contributed by atoms with Gasteiger partial charge in [0, 0.05) is 0 Å². The highest BCUT2D eigenvalue weighted by atomic mass is 16.5. The van der Waals surface area contributed by atoms with Gasteiger partial charge in [-0.2, -0.15) is 0 Å². The van der Waals surface area contributed by atoms with Gasteiger partial charge >= 0.3 is 12.1 Å². The Morgan fingerprint density at radius 2 is 2.33 bits per heavy atom. The van der Waals surface area contributed by atoms with Crippen LogP contribution in [0.15, 0.2) is 24.8 Å². The number of hydrogen-bond donors (Lipinski definition) is 2. The summed E-state index contributed by atoms with van der Waals surface area (Å²) in [5, 5.41) is 11.2. The molecule has 2 N–H and O–H groups in total. The van der Waals surface area contributed by atoms with Gasteiger partial charge in [-0.15, -0.1) is 0 Å². The monoisotopic (exact) mass is 211 g/mol. The topological polar surface area (TPSA) is 75.6 Å². The summed E-state index contributed by atoms with van der Waals surface area (Å²) < 4.78 is 4.70. The van der Waals surface area contributed by atoms with Crippen LogP contribution >= 0.6 is 0 Å². The first-order chi connectivity index (χ1) is 7.13. The Morgan fingerprint density at radius 3 is 2.87 bits per heavy atom. The van der Waals surface area contributed by atoms with Gasteiger partial charge < -0.3 is 15.2 Å². The SMILES string of the molecule is C=CCOC(=O)NC1C=CC(C(=O)O)C1. The predicted octanol–water partition coefficient (Wildman–Crippen LogP) is 0.928. The molecule has 2 unspecified atom stereocenters. The number of carbonyl (C=O) groups excluding carboxylic acids is 1. The smallest absolute Gasteiger partial charge is 0.407 e. The normalized spacial score (nSPS) is 23.5. The largest absolute Gasteiger partial charge is 0.481 e. The van der Waals surface area contributed by atoms with Gasteiger partial charge in [0.15, 0.2) is 0 Å². The van der Waals surface area contributed by atoms with Crippen LogP contribution in [0.5, 0.6) is 0 Å². The van der Waals surface area contributed by atoms with E-state index in [2.05, 4.69) is 11.9 Å². The minimum Gasteiger partial charge on any atom is -0.481 e. The predicted molar refractivity (Wildman–Crippen MR) is 53.4 cm³/mol. The number of rotatable bonds is 4. The van der Waals surface area contributed by atoms with E-state index in [1.54, 1.807) is 12.2 Å². The maximum absolute atomic E-state index is 11.1. The third kappa shape index (κ3) is 3.46. The molecule has 0 bridgehead atoms. The van der Waals surface area contributed by atoms with Crippen molar-refractivity contribution < 1.29 is 19.4 Å². The van der Waals surface area contributed by atoms with E-state index >= 15 is 0 Å². The number of ether oxygens (including phenoxy) is 1. The molecule has 1 amide bonds. The van der Waals surface area contributed by atoms with Crippen LogP contribution < -0.4 is 5.32 Å². The lowest BCUT2D eigenvalue weighted by molar-refractivity contribution is -0.140. The summed E-state index contributed by atoms with van der Waals surface area (Å²) >= 11 is 0. The van der Waals surface area contributed by atoms with Gasteiger partial charge in [-0.3, -0.25) is 4.79 Å². The molecule has 0 saturated heterocycles. The molecule has 0 fully saturated rings. The number of carboxylic acid groups (broad SMARTS) is 1. The Kier molecular flexibility index (Phi) is 3.91. The van der Waals surface area contributed by atoms with Crippen molar-refractivity contribution in [2.45, 2.75) is 12.5 Å². The molecule has 0 aromatic carbocycles. The van der Waals surface area contributed by atoms with Gasteiger partial charge in [0.25, 0.3) is 0 Å². The van der Waals surface area contributed by atoms with E-state index in [4.69, 9.17) is 9.84 Å². The van der Waals surface area contributed by atoms with E-state index in [-0.39, 0.29) is 12.6 Å². The van der Waals surface area contributed by atoms with E-state index in [0.717, 1.165) is 0 Å². The number of hydrogen-bond acceptors (Lipinski definition) is 3. The summed E-state index contributed by atoms with van der Waals surface area (Å²) in [5.74, 6) is -1.40. The quantitative estimate of drug-likeness (QED) is 0.678. The van der Waals surface area contributed by atoms with E-state index in [9.17, 15) is 9.59 Å². The van der Waals surface area contributed by atoms with Gasteiger partial charge in [0.05, 0.1) is 12.0 Å². The molecule has 1 rings (SSSR count). The Hall–Kier alpha value is -1.78. The van der Waals surface area contributed by atoms with Crippen molar-refractivity contribution in [2.75, 3.05) is 6.61 Å². The molecule has 0 aliphatic heterocycles. The summed E-state index contributed by atoms with van der Waals surface area (Å²) in [6, 6.07) is -0.261. The van der Waals surface area contributed by atoms with E-state index in [1.165, 1.54) is 6.08 Å². The zero-order valence-corrected chi connectivity index (χ0v) is 8.18. The number of nitrogens with one attached hydrogen (secondary N) is 1. The van der Waals surface area contributed by atoms with Crippen LogP contribution in [0.3, 0.4) is 0 Å². The van der Waals surface area contributed by atoms with Crippen molar-refractivity contribution in [3.63, 3.8) is 0 Å². The van der Waals surface area contributed by atoms with Crippen molar-refractivity contribution in [1.29, 1.82) is 0 Å². The standard InChI is InChI=1S/C10H13NO4/c1-2-5-15-10(14)11-8-4-3-7(6-8)9(12)13/h2-4,7-8H,1,5-6H2,(H,11,14)(H,12,13). The maximum Gasteiger partial charge on any atom is 0.407 e. The van der Waals surface area contributed by atoms with E-state index < -0.39 is 18.0 Å². The second-order valence-electron chi connectivity index (χ2n) is 3.20. The number of amides is 1. The fourth-order valence-electron chi connectivity index (χ4n) is 1.32. The molecule has 0 aromatic heterocycles. The minimum atomic E-state index is -0.880. The van der Waals surface area contributed by atoms with E-state index in [1.807, 2.05) is 0 Å². The van der Waals surface area contributed by atoms with Crippen LogP contribution in [0.2, 0.25) is 0 Å². The summed E-state index contributed by atoms with van der Waals surface area (Å²) in [6.45, 7) is 3.55. The average molecular weight is 211 g/mol. The molecule has 2 atom stereocenters. The Morgan fingerprint density at radius 1 is 1.60 bits per heavy atom. The van der Waals surface area contributed by atoms with Gasteiger partial charge in [-0.05, 0) is 6.42 Å². The second kappa shape index (κ2) is 5.19. The second-order valence-corrected chi connectivity index (χ2v) is 3.20. The van der Waals surface area contributed by atoms with Crippen molar-refractivity contribution in [3.05, 3.63) is 24.8 Å². The zero-order valence-electron chi connectivity index (χ0n) is 8.18. The van der Waals surface area contributed by atoms with Crippen molar-refractivity contribution in [2.24, 2.45) is 5.92 Å². The molecule has 1 aliphatic rings. The first-order valence-corrected chi connectivity index (χ1v) is 4.58. The average Bonchev–Trinajstić information content (AvgIpc) is 2.63. The summed E-state index contributed by atoms with van der Waals surface area (Å²) in [4.78, 5) is 21.7. The third-order valence-corrected chi connectivity index (χ3v) is 2.04. The van der Waals surface area contributed by atoms with Crippen LogP contribution in [0.1, 0.15) is 6.42 Å². The number of alkyl carbamates (subject to hydrolysis) is 1. The Balaban J connectivity index is 2.30. The van der Waals surface area contributed by atoms with Crippen molar-refractivity contribution in [1.82, 2.24) is 5.32 Å². The highest BCUT2D eigenvalue weighted by Crippen LogP contribution is 2.17. The van der Waals surface area contributed by atoms with Crippen molar-refractivity contribution in [3.8, 4) is 0 Å².